The highest BCUT2D eigenvalue weighted by molar-refractivity contribution is 6.16. The molecule has 1 heterocycles. The van der Waals surface area contributed by atoms with Crippen molar-refractivity contribution >= 4 is 40.0 Å². The van der Waals surface area contributed by atoms with Crippen LogP contribution in [0.2, 0.25) is 0 Å². The average Bonchev–Trinajstić information content (AvgIpc) is 3.76. The Balaban J connectivity index is 1.28. The van der Waals surface area contributed by atoms with E-state index >= 15 is 0 Å². The summed E-state index contributed by atoms with van der Waals surface area (Å²) in [5.41, 5.74) is 5.83. The normalized spacial score (nSPS) is 13.3. The number of hydrogen-bond donors (Lipinski definition) is 4. The molecule has 3 aromatic carbocycles. The lowest BCUT2D eigenvalue weighted by molar-refractivity contribution is -0.131. The first-order chi connectivity index (χ1) is 19.3. The number of aromatic nitrogens is 1. The summed E-state index contributed by atoms with van der Waals surface area (Å²) < 4.78 is 24.6. The van der Waals surface area contributed by atoms with Crippen LogP contribution in [0, 0.1) is 11.2 Å². The van der Waals surface area contributed by atoms with Gasteiger partial charge in [-0.3, -0.25) is 19.4 Å². The van der Waals surface area contributed by atoms with Crippen molar-refractivity contribution in [3.8, 4) is 17.2 Å². The molecule has 204 valence electrons. The van der Waals surface area contributed by atoms with Crippen LogP contribution in [-0.2, 0) is 9.59 Å². The van der Waals surface area contributed by atoms with Crippen LogP contribution in [0.25, 0.3) is 10.9 Å². The molecule has 4 aromatic rings. The van der Waals surface area contributed by atoms with E-state index in [1.165, 1.54) is 36.5 Å². The molecular weight excluding hydrogens is 519 g/mol. The molecule has 1 saturated carbocycles. The largest absolute Gasteiger partial charge is 0.490 e. The Morgan fingerprint density at radius 1 is 0.925 bits per heavy atom. The summed E-state index contributed by atoms with van der Waals surface area (Å²) in [7, 11) is 0. The fourth-order valence-electron chi connectivity index (χ4n) is 4.16. The van der Waals surface area contributed by atoms with Crippen LogP contribution in [0.5, 0.6) is 17.2 Å². The van der Waals surface area contributed by atoms with Gasteiger partial charge in [0.05, 0.1) is 17.7 Å². The lowest BCUT2D eigenvalue weighted by atomic mass is 10.0. The van der Waals surface area contributed by atoms with Crippen LogP contribution in [0.4, 0.5) is 15.8 Å². The molecule has 0 spiro atoms. The summed E-state index contributed by atoms with van der Waals surface area (Å²) in [6.45, 7) is -0.238. The smallest absolute Gasteiger partial charge is 0.252 e. The zero-order chi connectivity index (χ0) is 28.3. The minimum absolute atomic E-state index is 0.00902. The van der Waals surface area contributed by atoms with E-state index in [9.17, 15) is 18.8 Å². The van der Waals surface area contributed by atoms with Crippen molar-refractivity contribution in [3.05, 3.63) is 84.3 Å². The van der Waals surface area contributed by atoms with Crippen molar-refractivity contribution in [2.45, 2.75) is 12.8 Å². The number of rotatable bonds is 10. The molecule has 0 unspecified atom stereocenters. The topological polar surface area (TPSA) is 153 Å². The van der Waals surface area contributed by atoms with Gasteiger partial charge in [-0.15, -0.1) is 0 Å². The molecule has 0 aliphatic heterocycles. The number of nitrogens with two attached hydrogens (primary N) is 1. The molecule has 11 heteroatoms. The summed E-state index contributed by atoms with van der Waals surface area (Å²) in [6.07, 6.45) is 2.35. The Morgan fingerprint density at radius 3 is 2.12 bits per heavy atom. The molecule has 1 aliphatic rings. The highest BCUT2D eigenvalue weighted by Gasteiger charge is 2.56. The molecule has 1 aromatic heterocycles. The lowest BCUT2D eigenvalue weighted by Crippen LogP contribution is -2.35. The Kier molecular flexibility index (Phi) is 7.30. The first-order valence-corrected chi connectivity index (χ1v) is 12.4. The molecule has 0 bridgehead atoms. The third-order valence-electron chi connectivity index (χ3n) is 6.48. The molecule has 0 radical (unpaired) electrons. The number of fused-ring (bicyclic) bond motifs is 1. The van der Waals surface area contributed by atoms with Gasteiger partial charge in [-0.1, -0.05) is 0 Å². The Labute approximate surface area is 227 Å². The lowest BCUT2D eigenvalue weighted by Gasteiger charge is -2.16. The van der Waals surface area contributed by atoms with Gasteiger partial charge in [0.15, 0.2) is 0 Å². The third kappa shape index (κ3) is 5.54. The molecule has 3 amide bonds. The number of carbonyl (C=O) groups is 3. The van der Waals surface area contributed by atoms with Crippen LogP contribution < -0.4 is 25.8 Å². The second kappa shape index (κ2) is 11.0. The van der Waals surface area contributed by atoms with E-state index in [-0.39, 0.29) is 24.5 Å². The van der Waals surface area contributed by atoms with Crippen LogP contribution in [0.3, 0.4) is 0 Å². The highest BCUT2D eigenvalue weighted by Crippen LogP contribution is 2.47. The molecule has 0 atom stereocenters. The first-order valence-electron chi connectivity index (χ1n) is 12.4. The average molecular weight is 545 g/mol. The highest BCUT2D eigenvalue weighted by atomic mass is 19.1. The maximum absolute atomic E-state index is 13.1. The van der Waals surface area contributed by atoms with Crippen molar-refractivity contribution in [2.75, 3.05) is 23.8 Å². The van der Waals surface area contributed by atoms with Gasteiger partial charge in [-0.05, 0) is 73.5 Å². The van der Waals surface area contributed by atoms with Gasteiger partial charge < -0.3 is 30.9 Å². The predicted octanol–water partition coefficient (Wildman–Crippen LogP) is 3.99. The zero-order valence-electron chi connectivity index (χ0n) is 21.1. The number of aliphatic hydroxyl groups excluding tert-OH is 1. The quantitative estimate of drug-likeness (QED) is 0.220. The van der Waals surface area contributed by atoms with Crippen LogP contribution >= 0.6 is 0 Å². The number of nitrogens with one attached hydrogen (secondary N) is 2. The molecule has 1 aliphatic carbocycles. The van der Waals surface area contributed by atoms with E-state index in [2.05, 4.69) is 15.6 Å². The van der Waals surface area contributed by atoms with E-state index in [4.69, 9.17) is 20.3 Å². The molecule has 5 rings (SSSR count). The zero-order valence-corrected chi connectivity index (χ0v) is 21.1. The summed E-state index contributed by atoms with van der Waals surface area (Å²) in [5.74, 6) is -0.937. The van der Waals surface area contributed by atoms with Gasteiger partial charge in [-0.25, -0.2) is 4.39 Å². The number of carbonyl (C=O) groups excluding carboxylic acids is 3. The first kappa shape index (κ1) is 26.6. The molecular formula is C29H25FN4O6. The minimum atomic E-state index is -1.18. The second-order valence-electron chi connectivity index (χ2n) is 9.23. The molecule has 1 fully saturated rings. The Morgan fingerprint density at radius 2 is 1.55 bits per heavy atom. The summed E-state index contributed by atoms with van der Waals surface area (Å²) in [6, 6.07) is 16.6. The van der Waals surface area contributed by atoms with Crippen molar-refractivity contribution in [1.82, 2.24) is 4.98 Å². The monoisotopic (exact) mass is 544 g/mol. The van der Waals surface area contributed by atoms with Gasteiger partial charge in [0.2, 0.25) is 11.8 Å². The maximum Gasteiger partial charge on any atom is 0.252 e. The number of anilines is 2. The van der Waals surface area contributed by atoms with Crippen molar-refractivity contribution in [3.63, 3.8) is 0 Å². The van der Waals surface area contributed by atoms with E-state index in [1.807, 2.05) is 0 Å². The number of hydrogen-bond acceptors (Lipinski definition) is 7. The van der Waals surface area contributed by atoms with E-state index in [0.717, 1.165) is 0 Å². The number of primary amides is 1. The number of amides is 3. The number of benzene rings is 3. The van der Waals surface area contributed by atoms with Crippen molar-refractivity contribution in [1.29, 1.82) is 0 Å². The number of pyridine rings is 1. The van der Waals surface area contributed by atoms with Gasteiger partial charge >= 0.3 is 0 Å². The Hall–Kier alpha value is -5.03. The van der Waals surface area contributed by atoms with Crippen LogP contribution in [0.15, 0.2) is 72.9 Å². The minimum Gasteiger partial charge on any atom is -0.490 e. The third-order valence-corrected chi connectivity index (χ3v) is 6.48. The van der Waals surface area contributed by atoms with Gasteiger partial charge in [0.1, 0.15) is 35.1 Å². The van der Waals surface area contributed by atoms with Gasteiger partial charge in [0, 0.05) is 29.0 Å². The summed E-state index contributed by atoms with van der Waals surface area (Å²) in [5, 5.41) is 15.0. The van der Waals surface area contributed by atoms with Crippen LogP contribution in [-0.4, -0.2) is 41.0 Å². The van der Waals surface area contributed by atoms with E-state index in [1.54, 1.807) is 36.4 Å². The number of nitrogens with zero attached hydrogens (tertiary/aromatic N) is 1. The predicted molar refractivity (Wildman–Crippen MR) is 145 cm³/mol. The fraction of sp³-hybridized carbons (Fsp3) is 0.172. The standard InChI is InChI=1S/C29H25FN4O6/c30-17-1-3-18(4-2-17)33-27(37)29(10-11-29)28(38)34-19-5-7-20(8-6-19)40-24-9-12-32-23-16-25(39-14-13-35)22(26(31)36)15-21(23)24/h1-9,12,15-16,35H,10-11,13-14H2,(H2,31,36)(H,33,37)(H,34,38). The number of halogens is 1. The molecule has 10 nitrogen and oxygen atoms in total. The number of ether oxygens (including phenoxy) is 2. The van der Waals surface area contributed by atoms with E-state index < -0.39 is 29.0 Å². The molecule has 0 saturated heterocycles. The molecule has 5 N–H and O–H groups in total. The summed E-state index contributed by atoms with van der Waals surface area (Å²) in [4.78, 5) is 42.0. The van der Waals surface area contributed by atoms with Crippen molar-refractivity contribution < 1.29 is 33.4 Å². The van der Waals surface area contributed by atoms with Crippen molar-refractivity contribution in [2.24, 2.45) is 11.1 Å². The summed E-state index contributed by atoms with van der Waals surface area (Å²) >= 11 is 0. The van der Waals surface area contributed by atoms with E-state index in [0.29, 0.717) is 46.6 Å². The molecule has 40 heavy (non-hydrogen) atoms. The van der Waals surface area contributed by atoms with Gasteiger partial charge in [-0.2, -0.15) is 0 Å². The Bertz CT molecular complexity index is 1590. The second-order valence-corrected chi connectivity index (χ2v) is 9.23. The fourth-order valence-corrected chi connectivity index (χ4v) is 4.16. The SMILES string of the molecule is NC(=O)c1cc2c(Oc3ccc(NC(=O)C4(C(=O)Nc5ccc(F)cc5)CC4)cc3)ccnc2cc1OCCO. The maximum atomic E-state index is 13.1. The van der Waals surface area contributed by atoms with Crippen LogP contribution in [0.1, 0.15) is 23.2 Å². The number of aliphatic hydroxyl groups is 1. The van der Waals surface area contributed by atoms with Gasteiger partial charge in [0.25, 0.3) is 5.91 Å².